The van der Waals surface area contributed by atoms with E-state index in [0.29, 0.717) is 6.54 Å². The summed E-state index contributed by atoms with van der Waals surface area (Å²) in [7, 11) is 1.65. The van der Waals surface area contributed by atoms with Crippen molar-refractivity contribution in [1.29, 1.82) is 0 Å². The summed E-state index contributed by atoms with van der Waals surface area (Å²) < 4.78 is 10.9. The molecule has 0 aromatic carbocycles. The fourth-order valence-electron chi connectivity index (χ4n) is 2.19. The predicted molar refractivity (Wildman–Crippen MR) is 87.9 cm³/mol. The van der Waals surface area contributed by atoms with E-state index < -0.39 is 14.5 Å². The molecule has 0 heterocycles. The van der Waals surface area contributed by atoms with Crippen LogP contribution in [-0.2, 0) is 13.6 Å². The van der Waals surface area contributed by atoms with Crippen LogP contribution >= 0.6 is 0 Å². The summed E-state index contributed by atoms with van der Waals surface area (Å²) in [5.41, 5.74) is 0. The van der Waals surface area contributed by atoms with E-state index in [9.17, 15) is 4.79 Å². The topological polar surface area (TPSA) is 67.8 Å². The molecule has 0 aromatic heterocycles. The molecule has 0 aromatic rings. The largest absolute Gasteiger partial charge is 0.481 e. The van der Waals surface area contributed by atoms with Gasteiger partial charge >= 0.3 is 14.5 Å². The molecule has 5 nitrogen and oxygen atoms in total. The van der Waals surface area contributed by atoms with E-state index in [0.717, 1.165) is 19.0 Å². The van der Waals surface area contributed by atoms with E-state index >= 15 is 0 Å². The van der Waals surface area contributed by atoms with Gasteiger partial charge in [0.2, 0.25) is 0 Å². The van der Waals surface area contributed by atoms with Crippen molar-refractivity contribution < 1.29 is 18.8 Å². The van der Waals surface area contributed by atoms with Crippen LogP contribution in [0.15, 0.2) is 0 Å². The summed E-state index contributed by atoms with van der Waals surface area (Å²) >= 11 is 0. The number of hydrogen-bond acceptors (Lipinski definition) is 4. The molecule has 0 aliphatic heterocycles. The van der Waals surface area contributed by atoms with Gasteiger partial charge in [-0.1, -0.05) is 38.5 Å². The van der Waals surface area contributed by atoms with E-state index in [1.165, 1.54) is 38.5 Å². The number of unbranched alkanes of at least 4 members (excludes halogenated alkanes) is 6. The number of carboxylic acid groups (broad SMARTS) is 1. The number of aliphatic carboxylic acids is 1. The normalized spacial score (nSPS) is 11.8. The minimum absolute atomic E-state index is 0.213. The van der Waals surface area contributed by atoms with Crippen molar-refractivity contribution in [3.8, 4) is 0 Å². The highest BCUT2D eigenvalue weighted by Crippen LogP contribution is 2.17. The van der Waals surface area contributed by atoms with Gasteiger partial charge < -0.3 is 19.3 Å². The monoisotopic (exact) mass is 319 g/mol. The molecule has 0 saturated carbocycles. The fraction of sp³-hybridized carbons (Fsp3) is 0.933. The SMILES string of the molecule is CO[Si](C)(CCCCCCCCCNCCC(=O)O)OC. The maximum absolute atomic E-state index is 10.3. The highest BCUT2D eigenvalue weighted by Gasteiger charge is 2.27. The Kier molecular flexibility index (Phi) is 13.0. The fourth-order valence-corrected chi connectivity index (χ4v) is 3.65. The quantitative estimate of drug-likeness (QED) is 0.358. The Morgan fingerprint density at radius 1 is 0.952 bits per heavy atom. The number of hydrogen-bond donors (Lipinski definition) is 2. The van der Waals surface area contributed by atoms with Gasteiger partial charge in [-0.05, 0) is 25.6 Å². The number of nitrogens with one attached hydrogen (secondary N) is 1. The Bertz CT molecular complexity index is 260. The van der Waals surface area contributed by atoms with Gasteiger partial charge in [0, 0.05) is 20.8 Å². The Morgan fingerprint density at radius 3 is 2.00 bits per heavy atom. The third-order valence-corrected chi connectivity index (χ3v) is 6.85. The molecule has 0 aliphatic carbocycles. The molecule has 0 radical (unpaired) electrons. The maximum atomic E-state index is 10.3. The molecule has 0 fully saturated rings. The number of carbonyl (C=O) groups is 1. The van der Waals surface area contributed by atoms with Crippen LogP contribution in [0.25, 0.3) is 0 Å². The molecule has 126 valence electrons. The smallest absolute Gasteiger partial charge is 0.334 e. The summed E-state index contributed by atoms with van der Waals surface area (Å²) in [4.78, 5) is 10.3. The van der Waals surface area contributed by atoms with Gasteiger partial charge in [-0.3, -0.25) is 4.79 Å². The summed E-state index contributed by atoms with van der Waals surface area (Å²) in [6.07, 6.45) is 8.86. The standard InChI is InChI=1S/C15H33NO4Si/c1-19-21(3,20-2)14-10-8-6-4-5-7-9-12-16-13-11-15(17)18/h16H,4-14H2,1-3H3,(H,17,18). The second-order valence-corrected chi connectivity index (χ2v) is 9.24. The molecule has 0 aliphatic rings. The molecule has 0 spiro atoms. The highest BCUT2D eigenvalue weighted by molar-refractivity contribution is 6.65. The van der Waals surface area contributed by atoms with Crippen LogP contribution in [0.2, 0.25) is 12.6 Å². The van der Waals surface area contributed by atoms with Gasteiger partial charge in [-0.25, -0.2) is 0 Å². The number of carboxylic acids is 1. The number of rotatable bonds is 15. The second-order valence-electron chi connectivity index (χ2n) is 5.66. The van der Waals surface area contributed by atoms with Gasteiger partial charge in [-0.2, -0.15) is 0 Å². The van der Waals surface area contributed by atoms with Crippen LogP contribution in [-0.4, -0.2) is 46.9 Å². The molecule has 2 N–H and O–H groups in total. The van der Waals surface area contributed by atoms with E-state index in [1.807, 2.05) is 0 Å². The first-order valence-electron chi connectivity index (χ1n) is 8.07. The third kappa shape index (κ3) is 13.0. The van der Waals surface area contributed by atoms with Crippen LogP contribution in [0, 0.1) is 0 Å². The average Bonchev–Trinajstić information content (AvgIpc) is 2.47. The van der Waals surface area contributed by atoms with Gasteiger partial charge in [0.25, 0.3) is 0 Å². The lowest BCUT2D eigenvalue weighted by molar-refractivity contribution is -0.136. The minimum Gasteiger partial charge on any atom is -0.481 e. The van der Waals surface area contributed by atoms with Crippen molar-refractivity contribution in [2.24, 2.45) is 0 Å². The molecule has 0 amide bonds. The molecule has 0 bridgehead atoms. The third-order valence-electron chi connectivity index (χ3n) is 3.86. The van der Waals surface area contributed by atoms with Crippen LogP contribution in [0.5, 0.6) is 0 Å². The van der Waals surface area contributed by atoms with Crippen molar-refractivity contribution in [3.05, 3.63) is 0 Å². The Balaban J connectivity index is 3.21. The van der Waals surface area contributed by atoms with Gasteiger partial charge in [0.05, 0.1) is 6.42 Å². The molecule has 0 unspecified atom stereocenters. The van der Waals surface area contributed by atoms with E-state index in [4.69, 9.17) is 14.0 Å². The van der Waals surface area contributed by atoms with E-state index in [-0.39, 0.29) is 6.42 Å². The molecular formula is C15H33NO4Si. The summed E-state index contributed by atoms with van der Waals surface area (Å²) in [6.45, 7) is 3.63. The van der Waals surface area contributed by atoms with E-state index in [2.05, 4.69) is 11.9 Å². The van der Waals surface area contributed by atoms with Crippen LogP contribution < -0.4 is 5.32 Å². The summed E-state index contributed by atoms with van der Waals surface area (Å²) in [5.74, 6) is -0.733. The first kappa shape index (κ1) is 20.6. The predicted octanol–water partition coefficient (Wildman–Crippen LogP) is 3.15. The van der Waals surface area contributed by atoms with Crippen molar-refractivity contribution >= 4 is 14.5 Å². The molecule has 6 heteroatoms. The Labute approximate surface area is 130 Å². The van der Waals surface area contributed by atoms with Crippen molar-refractivity contribution in [2.75, 3.05) is 27.3 Å². The zero-order valence-electron chi connectivity index (χ0n) is 14.0. The van der Waals surface area contributed by atoms with Crippen LogP contribution in [0.1, 0.15) is 51.4 Å². The molecule has 0 rings (SSSR count). The first-order chi connectivity index (χ1) is 10.0. The van der Waals surface area contributed by atoms with E-state index in [1.54, 1.807) is 14.2 Å². The Morgan fingerprint density at radius 2 is 1.48 bits per heavy atom. The lowest BCUT2D eigenvalue weighted by Gasteiger charge is -2.22. The highest BCUT2D eigenvalue weighted by atomic mass is 28.4. The van der Waals surface area contributed by atoms with Crippen LogP contribution in [0.4, 0.5) is 0 Å². The zero-order chi connectivity index (χ0) is 16.0. The maximum Gasteiger partial charge on any atom is 0.334 e. The minimum atomic E-state index is -1.85. The molecule has 0 saturated heterocycles. The molecular weight excluding hydrogens is 286 g/mol. The van der Waals surface area contributed by atoms with Gasteiger partial charge in [-0.15, -0.1) is 0 Å². The van der Waals surface area contributed by atoms with Crippen molar-refractivity contribution in [2.45, 2.75) is 64.0 Å². The Hall–Kier alpha value is -0.433. The second kappa shape index (κ2) is 13.2. The lowest BCUT2D eigenvalue weighted by Crippen LogP contribution is -2.35. The summed E-state index contributed by atoms with van der Waals surface area (Å²) in [6, 6.07) is 1.08. The zero-order valence-corrected chi connectivity index (χ0v) is 15.0. The molecule has 21 heavy (non-hydrogen) atoms. The first-order valence-corrected chi connectivity index (χ1v) is 10.6. The van der Waals surface area contributed by atoms with Gasteiger partial charge in [0.15, 0.2) is 0 Å². The lowest BCUT2D eigenvalue weighted by atomic mass is 10.1. The van der Waals surface area contributed by atoms with Gasteiger partial charge in [0.1, 0.15) is 0 Å². The average molecular weight is 320 g/mol. The summed E-state index contributed by atoms with van der Waals surface area (Å²) in [5, 5.41) is 11.6. The van der Waals surface area contributed by atoms with Crippen LogP contribution in [0.3, 0.4) is 0 Å². The van der Waals surface area contributed by atoms with Crippen molar-refractivity contribution in [3.63, 3.8) is 0 Å². The van der Waals surface area contributed by atoms with Crippen molar-refractivity contribution in [1.82, 2.24) is 5.32 Å². The molecule has 0 atom stereocenters.